The number of allylic oxidation sites excluding steroid dienone is 1. The Morgan fingerprint density at radius 2 is 2.09 bits per heavy atom. The molecule has 1 aromatic carbocycles. The summed E-state index contributed by atoms with van der Waals surface area (Å²) in [7, 11) is 0. The first kappa shape index (κ1) is 7.99. The van der Waals surface area contributed by atoms with Crippen LogP contribution in [0, 0.1) is 12.7 Å². The van der Waals surface area contributed by atoms with Gasteiger partial charge in [-0.05, 0) is 25.5 Å². The van der Waals surface area contributed by atoms with Crippen LogP contribution in [0.25, 0.3) is 6.08 Å². The fourth-order valence-electron chi connectivity index (χ4n) is 1.02. The van der Waals surface area contributed by atoms with Crippen LogP contribution in [0.2, 0.25) is 0 Å². The molecule has 0 aliphatic heterocycles. The highest BCUT2D eigenvalue weighted by Gasteiger charge is 1.98. The predicted octanol–water partition coefficient (Wildman–Crippen LogP) is 3.17. The van der Waals surface area contributed by atoms with Crippen molar-refractivity contribution in [3.05, 3.63) is 41.2 Å². The Bertz CT molecular complexity index is 254. The molecule has 0 bridgehead atoms. The molecule has 0 aliphatic rings. The summed E-state index contributed by atoms with van der Waals surface area (Å²) in [5.74, 6) is -0.150. The molecular formula is C10H11F. The molecule has 0 nitrogen and oxygen atoms in total. The Hall–Kier alpha value is -1.11. The molecule has 0 saturated carbocycles. The van der Waals surface area contributed by atoms with E-state index in [0.29, 0.717) is 5.56 Å². The fourth-order valence-corrected chi connectivity index (χ4v) is 1.02. The first-order chi connectivity index (χ1) is 5.25. The topological polar surface area (TPSA) is 0 Å². The molecule has 0 atom stereocenters. The second-order valence-corrected chi connectivity index (χ2v) is 2.47. The van der Waals surface area contributed by atoms with Crippen LogP contribution < -0.4 is 0 Å². The summed E-state index contributed by atoms with van der Waals surface area (Å²) >= 11 is 0. The summed E-state index contributed by atoms with van der Waals surface area (Å²) in [5.41, 5.74) is 1.66. The summed E-state index contributed by atoms with van der Waals surface area (Å²) in [6.45, 7) is 3.78. The van der Waals surface area contributed by atoms with Gasteiger partial charge >= 0.3 is 0 Å². The zero-order valence-corrected chi connectivity index (χ0v) is 6.76. The molecule has 0 amide bonds. The van der Waals surface area contributed by atoms with Crippen LogP contribution in [-0.4, -0.2) is 0 Å². The smallest absolute Gasteiger partial charge is 0.130 e. The van der Waals surface area contributed by atoms with Crippen molar-refractivity contribution >= 4 is 6.08 Å². The van der Waals surface area contributed by atoms with Crippen molar-refractivity contribution < 1.29 is 4.39 Å². The maximum absolute atomic E-state index is 13.0. The van der Waals surface area contributed by atoms with Crippen molar-refractivity contribution in [3.63, 3.8) is 0 Å². The van der Waals surface area contributed by atoms with Gasteiger partial charge in [0.05, 0.1) is 0 Å². The normalized spacial score (nSPS) is 10.8. The summed E-state index contributed by atoms with van der Waals surface area (Å²) in [5, 5.41) is 0. The van der Waals surface area contributed by atoms with E-state index in [1.165, 1.54) is 6.07 Å². The van der Waals surface area contributed by atoms with Crippen LogP contribution in [0.5, 0.6) is 0 Å². The van der Waals surface area contributed by atoms with Crippen molar-refractivity contribution in [2.24, 2.45) is 0 Å². The van der Waals surface area contributed by atoms with E-state index in [1.807, 2.05) is 26.0 Å². The van der Waals surface area contributed by atoms with Gasteiger partial charge in [0, 0.05) is 5.56 Å². The van der Waals surface area contributed by atoms with Crippen molar-refractivity contribution in [1.82, 2.24) is 0 Å². The second kappa shape index (κ2) is 3.33. The first-order valence-corrected chi connectivity index (χ1v) is 3.63. The van der Waals surface area contributed by atoms with E-state index >= 15 is 0 Å². The van der Waals surface area contributed by atoms with E-state index < -0.39 is 0 Å². The van der Waals surface area contributed by atoms with Crippen LogP contribution >= 0.6 is 0 Å². The highest BCUT2D eigenvalue weighted by Crippen LogP contribution is 2.13. The minimum Gasteiger partial charge on any atom is -0.206 e. The lowest BCUT2D eigenvalue weighted by Crippen LogP contribution is -1.85. The van der Waals surface area contributed by atoms with Crippen LogP contribution in [0.1, 0.15) is 18.1 Å². The SMILES string of the molecule is C/C=C\c1c(C)cccc1F. The molecule has 0 aliphatic carbocycles. The number of hydrogen-bond donors (Lipinski definition) is 0. The fraction of sp³-hybridized carbons (Fsp3) is 0.200. The van der Waals surface area contributed by atoms with E-state index in [0.717, 1.165) is 5.56 Å². The summed E-state index contributed by atoms with van der Waals surface area (Å²) in [6.07, 6.45) is 3.62. The third-order valence-electron chi connectivity index (χ3n) is 1.60. The van der Waals surface area contributed by atoms with Gasteiger partial charge in [0.1, 0.15) is 5.82 Å². The number of aryl methyl sites for hydroxylation is 1. The van der Waals surface area contributed by atoms with Gasteiger partial charge in [0.25, 0.3) is 0 Å². The molecule has 0 fully saturated rings. The summed E-state index contributed by atoms with van der Waals surface area (Å²) in [4.78, 5) is 0. The van der Waals surface area contributed by atoms with E-state index in [9.17, 15) is 4.39 Å². The predicted molar refractivity (Wildman–Crippen MR) is 45.8 cm³/mol. The van der Waals surface area contributed by atoms with E-state index in [1.54, 1.807) is 12.1 Å². The lowest BCUT2D eigenvalue weighted by Gasteiger charge is -1.99. The minimum absolute atomic E-state index is 0.150. The Balaban J connectivity index is 3.20. The molecule has 0 saturated heterocycles. The van der Waals surface area contributed by atoms with Crippen molar-refractivity contribution in [2.45, 2.75) is 13.8 Å². The zero-order valence-electron chi connectivity index (χ0n) is 6.76. The van der Waals surface area contributed by atoms with E-state index in [2.05, 4.69) is 0 Å². The molecule has 0 aromatic heterocycles. The maximum atomic E-state index is 13.0. The largest absolute Gasteiger partial charge is 0.206 e. The average Bonchev–Trinajstić information content (AvgIpc) is 1.97. The monoisotopic (exact) mass is 150 g/mol. The van der Waals surface area contributed by atoms with Crippen LogP contribution in [-0.2, 0) is 0 Å². The van der Waals surface area contributed by atoms with E-state index in [-0.39, 0.29) is 5.82 Å². The third kappa shape index (κ3) is 1.67. The molecule has 0 spiro atoms. The van der Waals surface area contributed by atoms with Crippen LogP contribution in [0.4, 0.5) is 4.39 Å². The van der Waals surface area contributed by atoms with Gasteiger partial charge in [-0.25, -0.2) is 4.39 Å². The maximum Gasteiger partial charge on any atom is 0.130 e. The molecular weight excluding hydrogens is 139 g/mol. The zero-order chi connectivity index (χ0) is 8.27. The van der Waals surface area contributed by atoms with Crippen molar-refractivity contribution in [1.29, 1.82) is 0 Å². The Morgan fingerprint density at radius 1 is 1.36 bits per heavy atom. The minimum atomic E-state index is -0.150. The number of hydrogen-bond acceptors (Lipinski definition) is 0. The number of rotatable bonds is 1. The van der Waals surface area contributed by atoms with Gasteiger partial charge in [0.15, 0.2) is 0 Å². The quantitative estimate of drug-likeness (QED) is 0.576. The standard InChI is InChI=1S/C10H11F/c1-3-5-9-8(2)6-4-7-10(9)11/h3-7H,1-2H3/b5-3-. The Labute approximate surface area is 66.4 Å². The molecule has 1 aromatic rings. The molecule has 1 rings (SSSR count). The molecule has 58 valence electrons. The highest BCUT2D eigenvalue weighted by molar-refractivity contribution is 5.53. The summed E-state index contributed by atoms with van der Waals surface area (Å²) < 4.78 is 13.0. The number of benzene rings is 1. The van der Waals surface area contributed by atoms with Gasteiger partial charge in [-0.1, -0.05) is 24.3 Å². The highest BCUT2D eigenvalue weighted by atomic mass is 19.1. The lowest BCUT2D eigenvalue weighted by atomic mass is 10.1. The van der Waals surface area contributed by atoms with Crippen molar-refractivity contribution in [3.8, 4) is 0 Å². The van der Waals surface area contributed by atoms with Gasteiger partial charge < -0.3 is 0 Å². The molecule has 0 heterocycles. The average molecular weight is 150 g/mol. The van der Waals surface area contributed by atoms with Crippen molar-refractivity contribution in [2.75, 3.05) is 0 Å². The third-order valence-corrected chi connectivity index (χ3v) is 1.60. The van der Waals surface area contributed by atoms with Gasteiger partial charge in [-0.3, -0.25) is 0 Å². The van der Waals surface area contributed by atoms with Crippen LogP contribution in [0.3, 0.4) is 0 Å². The van der Waals surface area contributed by atoms with E-state index in [4.69, 9.17) is 0 Å². The lowest BCUT2D eigenvalue weighted by molar-refractivity contribution is 0.624. The van der Waals surface area contributed by atoms with Crippen LogP contribution in [0.15, 0.2) is 24.3 Å². The Kier molecular flexibility index (Phi) is 2.42. The number of halogens is 1. The van der Waals surface area contributed by atoms with Gasteiger partial charge in [-0.2, -0.15) is 0 Å². The molecule has 0 unspecified atom stereocenters. The first-order valence-electron chi connectivity index (χ1n) is 3.63. The summed E-state index contributed by atoms with van der Waals surface area (Å²) in [6, 6.07) is 5.10. The van der Waals surface area contributed by atoms with Gasteiger partial charge in [0.2, 0.25) is 0 Å². The molecule has 0 N–H and O–H groups in total. The Morgan fingerprint density at radius 3 is 2.64 bits per heavy atom. The second-order valence-electron chi connectivity index (χ2n) is 2.47. The molecule has 0 radical (unpaired) electrons. The molecule has 11 heavy (non-hydrogen) atoms. The van der Waals surface area contributed by atoms with Gasteiger partial charge in [-0.15, -0.1) is 0 Å². The molecule has 1 heteroatoms.